The minimum absolute atomic E-state index is 0.000528. The lowest BCUT2D eigenvalue weighted by Gasteiger charge is -2.23. The van der Waals surface area contributed by atoms with E-state index in [2.05, 4.69) is 4.99 Å². The van der Waals surface area contributed by atoms with Crippen molar-refractivity contribution < 1.29 is 17.9 Å². The number of hydrogen-bond donors (Lipinski definition) is 0. The van der Waals surface area contributed by atoms with Gasteiger partial charge in [0, 0.05) is 10.5 Å². The Kier molecular flexibility index (Phi) is 5.27. The fraction of sp³-hybridized carbons (Fsp3) is 0.462. The molecular formula is C13H13ClF3NOS2. The molecule has 8 heteroatoms. The normalized spacial score (nSPS) is 20.7. The summed E-state index contributed by atoms with van der Waals surface area (Å²) < 4.78 is 45.8. The highest BCUT2D eigenvalue weighted by atomic mass is 35.5. The minimum Gasteiger partial charge on any atom is -0.476 e. The van der Waals surface area contributed by atoms with Crippen LogP contribution in [-0.4, -0.2) is 36.7 Å². The van der Waals surface area contributed by atoms with Gasteiger partial charge in [0.05, 0.1) is 21.7 Å². The molecule has 2 heterocycles. The van der Waals surface area contributed by atoms with Crippen LogP contribution < -0.4 is 0 Å². The molecule has 2 nitrogen and oxygen atoms in total. The zero-order valence-electron chi connectivity index (χ0n) is 11.3. The monoisotopic (exact) mass is 355 g/mol. The quantitative estimate of drug-likeness (QED) is 0.769. The highest BCUT2D eigenvalue weighted by Crippen LogP contribution is 2.41. The lowest BCUT2D eigenvalue weighted by atomic mass is 10.1. The van der Waals surface area contributed by atoms with Gasteiger partial charge in [-0.15, -0.1) is 11.3 Å². The van der Waals surface area contributed by atoms with Crippen molar-refractivity contribution >= 4 is 46.2 Å². The summed E-state index contributed by atoms with van der Waals surface area (Å²) in [6.45, 7) is 2.21. The Bertz CT molecular complexity index is 580. The van der Waals surface area contributed by atoms with Crippen LogP contribution >= 0.6 is 34.7 Å². The lowest BCUT2D eigenvalue weighted by Crippen LogP contribution is -2.27. The van der Waals surface area contributed by atoms with Crippen LogP contribution in [-0.2, 0) is 4.74 Å². The van der Waals surface area contributed by atoms with Gasteiger partial charge in [-0.1, -0.05) is 11.6 Å². The number of rotatable bonds is 3. The maximum atomic E-state index is 13.4. The van der Waals surface area contributed by atoms with Crippen molar-refractivity contribution in [3.8, 4) is 0 Å². The van der Waals surface area contributed by atoms with E-state index in [-0.39, 0.29) is 21.6 Å². The second-order valence-electron chi connectivity index (χ2n) is 4.42. The summed E-state index contributed by atoms with van der Waals surface area (Å²) in [6.07, 6.45) is -2.56. The summed E-state index contributed by atoms with van der Waals surface area (Å²) in [7, 11) is 0. The molecule has 116 valence electrons. The summed E-state index contributed by atoms with van der Waals surface area (Å²) in [5.41, 5.74) is -0.735. The molecule has 1 aromatic rings. The molecule has 0 radical (unpaired) electrons. The molecular weight excluding hydrogens is 343 g/mol. The molecule has 0 amide bonds. The molecule has 1 aliphatic heterocycles. The standard InChI is InChI=1S/C13H13ClF3NOS2/c1-7(12-18-5-8(20-2)6-19-12)11(13(15,16)17)9-3-4-10(14)21-9/h3-4,8H,5-6H2,1-2H3/b11-7-. The van der Waals surface area contributed by atoms with E-state index in [0.29, 0.717) is 17.5 Å². The Morgan fingerprint density at radius 1 is 1.48 bits per heavy atom. The van der Waals surface area contributed by atoms with Crippen LogP contribution in [0.3, 0.4) is 0 Å². The smallest absolute Gasteiger partial charge is 0.418 e. The Morgan fingerprint density at radius 2 is 2.19 bits per heavy atom. The van der Waals surface area contributed by atoms with Crippen LogP contribution in [0.25, 0.3) is 5.57 Å². The van der Waals surface area contributed by atoms with Gasteiger partial charge in [-0.3, -0.25) is 4.99 Å². The van der Waals surface area contributed by atoms with Gasteiger partial charge in [-0.2, -0.15) is 24.9 Å². The summed E-state index contributed by atoms with van der Waals surface area (Å²) >= 11 is 8.23. The molecule has 0 fully saturated rings. The third-order valence-electron chi connectivity index (χ3n) is 2.98. The fourth-order valence-electron chi connectivity index (χ4n) is 1.92. The van der Waals surface area contributed by atoms with Crippen molar-refractivity contribution in [1.29, 1.82) is 0 Å². The van der Waals surface area contributed by atoms with Gasteiger partial charge in [0.25, 0.3) is 0 Å². The Morgan fingerprint density at radius 3 is 2.62 bits per heavy atom. The molecule has 1 atom stereocenters. The van der Waals surface area contributed by atoms with E-state index in [0.717, 1.165) is 11.3 Å². The molecule has 0 saturated carbocycles. The van der Waals surface area contributed by atoms with Crippen LogP contribution in [0.4, 0.5) is 13.2 Å². The summed E-state index contributed by atoms with van der Waals surface area (Å²) in [4.78, 5) is 4.21. The molecule has 0 aromatic carbocycles. The number of alkyl halides is 3. The Balaban J connectivity index is 2.42. The van der Waals surface area contributed by atoms with E-state index in [1.165, 1.54) is 19.1 Å². The van der Waals surface area contributed by atoms with Crippen molar-refractivity contribution in [3.63, 3.8) is 0 Å². The molecule has 0 N–H and O–H groups in total. The maximum absolute atomic E-state index is 13.4. The second-order valence-corrected chi connectivity index (χ2v) is 7.27. The van der Waals surface area contributed by atoms with Crippen LogP contribution in [0.5, 0.6) is 0 Å². The average molecular weight is 356 g/mol. The first-order valence-electron chi connectivity index (χ1n) is 6.07. The van der Waals surface area contributed by atoms with E-state index in [4.69, 9.17) is 16.3 Å². The number of ether oxygens (including phenoxy) is 1. The first-order valence-corrected chi connectivity index (χ1v) is 8.55. The number of allylic oxidation sites excluding steroid dienone is 1. The maximum Gasteiger partial charge on any atom is 0.418 e. The van der Waals surface area contributed by atoms with Gasteiger partial charge in [0.15, 0.2) is 0 Å². The molecule has 1 unspecified atom stereocenters. The van der Waals surface area contributed by atoms with E-state index in [9.17, 15) is 13.2 Å². The fourth-order valence-corrected chi connectivity index (χ4v) is 3.51. The minimum atomic E-state index is -4.49. The summed E-state index contributed by atoms with van der Waals surface area (Å²) in [6, 6.07) is 2.82. The number of thioether (sulfide) groups is 1. The first kappa shape index (κ1) is 16.7. The van der Waals surface area contributed by atoms with E-state index in [1.54, 1.807) is 11.8 Å². The molecule has 0 spiro atoms. The van der Waals surface area contributed by atoms with Crippen LogP contribution in [0.15, 0.2) is 22.7 Å². The predicted molar refractivity (Wildman–Crippen MR) is 83.5 cm³/mol. The van der Waals surface area contributed by atoms with E-state index in [1.807, 2.05) is 6.26 Å². The number of hydrogen-bond acceptors (Lipinski definition) is 4. The lowest BCUT2D eigenvalue weighted by molar-refractivity contribution is -0.0691. The van der Waals surface area contributed by atoms with Crippen LogP contribution in [0.1, 0.15) is 11.8 Å². The Labute approximate surface area is 134 Å². The van der Waals surface area contributed by atoms with Crippen molar-refractivity contribution in [3.05, 3.63) is 26.9 Å². The van der Waals surface area contributed by atoms with Crippen molar-refractivity contribution in [1.82, 2.24) is 0 Å². The number of nitrogens with zero attached hydrogens (tertiary/aromatic N) is 1. The molecule has 1 aromatic heterocycles. The van der Waals surface area contributed by atoms with Gasteiger partial charge >= 0.3 is 6.18 Å². The second kappa shape index (κ2) is 6.62. The largest absolute Gasteiger partial charge is 0.476 e. The van der Waals surface area contributed by atoms with Gasteiger partial charge in [0.2, 0.25) is 5.90 Å². The summed E-state index contributed by atoms with van der Waals surface area (Å²) in [5, 5.41) is 0.187. The predicted octanol–water partition coefficient (Wildman–Crippen LogP) is 4.90. The van der Waals surface area contributed by atoms with Gasteiger partial charge in [-0.05, 0) is 25.3 Å². The third kappa shape index (κ3) is 3.96. The zero-order valence-corrected chi connectivity index (χ0v) is 13.7. The molecule has 0 aliphatic carbocycles. The third-order valence-corrected chi connectivity index (χ3v) is 5.18. The van der Waals surface area contributed by atoms with Gasteiger partial charge in [0.1, 0.15) is 6.61 Å². The van der Waals surface area contributed by atoms with Crippen LogP contribution in [0.2, 0.25) is 4.34 Å². The van der Waals surface area contributed by atoms with Crippen LogP contribution in [0, 0.1) is 0 Å². The number of aliphatic imine (C=N–C) groups is 1. The number of thiophene rings is 1. The molecule has 0 bridgehead atoms. The van der Waals surface area contributed by atoms with Gasteiger partial charge in [-0.25, -0.2) is 0 Å². The SMILES string of the molecule is CSC1CN=C(/C(C)=C(/c2ccc(Cl)s2)C(F)(F)F)OC1. The van der Waals surface area contributed by atoms with Crippen molar-refractivity contribution in [2.24, 2.45) is 4.99 Å². The number of halogens is 4. The zero-order chi connectivity index (χ0) is 15.6. The van der Waals surface area contributed by atoms with Crippen molar-refractivity contribution in [2.45, 2.75) is 18.3 Å². The van der Waals surface area contributed by atoms with Gasteiger partial charge < -0.3 is 4.74 Å². The molecule has 0 saturated heterocycles. The molecule has 2 rings (SSSR count). The Hall–Kier alpha value is -0.660. The average Bonchev–Trinajstić information content (AvgIpc) is 2.83. The molecule has 21 heavy (non-hydrogen) atoms. The van der Waals surface area contributed by atoms with E-state index < -0.39 is 11.7 Å². The van der Waals surface area contributed by atoms with Crippen molar-refractivity contribution in [2.75, 3.05) is 19.4 Å². The first-order chi connectivity index (χ1) is 9.82. The highest BCUT2D eigenvalue weighted by molar-refractivity contribution is 7.99. The van der Waals surface area contributed by atoms with E-state index >= 15 is 0 Å². The molecule has 1 aliphatic rings. The summed E-state index contributed by atoms with van der Waals surface area (Å²) in [5.74, 6) is 0.0668. The highest BCUT2D eigenvalue weighted by Gasteiger charge is 2.39. The topological polar surface area (TPSA) is 21.6 Å².